The van der Waals surface area contributed by atoms with Crippen LogP contribution in [-0.4, -0.2) is 36.8 Å². The van der Waals surface area contributed by atoms with Gasteiger partial charge in [-0.05, 0) is 70.8 Å². The van der Waals surface area contributed by atoms with Gasteiger partial charge in [0.2, 0.25) is 0 Å². The summed E-state index contributed by atoms with van der Waals surface area (Å²) in [5.41, 5.74) is 4.20. The average molecular weight is 519 g/mol. The minimum Gasteiger partial charge on any atom is -0.508 e. The van der Waals surface area contributed by atoms with Gasteiger partial charge >= 0.3 is 6.16 Å². The van der Waals surface area contributed by atoms with Crippen LogP contribution >= 0.6 is 0 Å². The first-order chi connectivity index (χ1) is 17.7. The molecule has 0 fully saturated rings. The topological polar surface area (TPSA) is 138 Å². The molecule has 0 bridgehead atoms. The Morgan fingerprint density at radius 3 is 0.684 bits per heavy atom. The van der Waals surface area contributed by atoms with E-state index in [1.807, 2.05) is 48.5 Å². The predicted octanol–water partition coefficient (Wildman–Crippen LogP) is 7.07. The first-order valence-corrected chi connectivity index (χ1v) is 11.8. The van der Waals surface area contributed by atoms with E-state index in [-0.39, 0.29) is 33.8 Å². The zero-order valence-corrected chi connectivity index (χ0v) is 21.8. The Labute approximate surface area is 222 Å². The Bertz CT molecular complexity index is 1090. The highest BCUT2D eigenvalue weighted by Gasteiger charge is 2.23. The van der Waals surface area contributed by atoms with Crippen LogP contribution in [-0.2, 0) is 10.8 Å². The highest BCUT2D eigenvalue weighted by molar-refractivity contribution is 5.53. The monoisotopic (exact) mass is 518 g/mol. The van der Waals surface area contributed by atoms with Crippen molar-refractivity contribution in [1.29, 1.82) is 0 Å². The third kappa shape index (κ3) is 8.20. The van der Waals surface area contributed by atoms with Gasteiger partial charge in [0.1, 0.15) is 23.0 Å². The second-order valence-electron chi connectivity index (χ2n) is 9.72. The van der Waals surface area contributed by atoms with Crippen LogP contribution in [0.5, 0.6) is 23.0 Å². The molecule has 6 N–H and O–H groups in total. The Balaban J connectivity index is 0.000000234. The van der Waals surface area contributed by atoms with Crippen molar-refractivity contribution in [2.45, 2.75) is 38.5 Å². The largest absolute Gasteiger partial charge is 0.508 e. The number of rotatable bonds is 4. The van der Waals surface area contributed by atoms with Gasteiger partial charge in [-0.25, -0.2) is 4.79 Å². The molecule has 0 heterocycles. The minimum atomic E-state index is -1.83. The molecule has 38 heavy (non-hydrogen) atoms. The Morgan fingerprint density at radius 2 is 0.553 bits per heavy atom. The minimum absolute atomic E-state index is 0.151. The lowest BCUT2D eigenvalue weighted by molar-refractivity contribution is 0.137. The van der Waals surface area contributed by atoms with Crippen molar-refractivity contribution < 1.29 is 35.4 Å². The van der Waals surface area contributed by atoms with Crippen molar-refractivity contribution in [2.75, 3.05) is 0 Å². The summed E-state index contributed by atoms with van der Waals surface area (Å²) in [6, 6.07) is 28.9. The van der Waals surface area contributed by atoms with E-state index in [4.69, 9.17) is 15.0 Å². The normalized spacial score (nSPS) is 10.8. The molecule has 0 aromatic heterocycles. The molecule has 200 valence electrons. The van der Waals surface area contributed by atoms with Crippen LogP contribution in [0.4, 0.5) is 4.79 Å². The van der Waals surface area contributed by atoms with Crippen molar-refractivity contribution in [3.8, 4) is 23.0 Å². The molecular weight excluding hydrogens is 484 g/mol. The lowest BCUT2D eigenvalue weighted by Gasteiger charge is -2.26. The van der Waals surface area contributed by atoms with Gasteiger partial charge in [-0.2, -0.15) is 0 Å². The second-order valence-corrected chi connectivity index (χ2v) is 9.72. The number of phenolic OH excluding ortho intramolecular Hbond substituents is 4. The molecule has 4 rings (SSSR count). The molecule has 0 amide bonds. The fourth-order valence-corrected chi connectivity index (χ4v) is 3.85. The quantitative estimate of drug-likeness (QED) is 0.170. The summed E-state index contributed by atoms with van der Waals surface area (Å²) in [6.07, 6.45) is -1.83. The van der Waals surface area contributed by atoms with Crippen LogP contribution in [0.25, 0.3) is 0 Å². The maximum atomic E-state index is 9.30. The molecule has 0 aliphatic heterocycles. The fraction of sp³-hybridized carbons (Fsp3) is 0.194. The van der Waals surface area contributed by atoms with Gasteiger partial charge in [0.05, 0.1) is 0 Å². The van der Waals surface area contributed by atoms with Crippen molar-refractivity contribution in [3.05, 3.63) is 119 Å². The number of hydrogen-bond donors (Lipinski definition) is 6. The van der Waals surface area contributed by atoms with E-state index in [0.29, 0.717) is 0 Å². The van der Waals surface area contributed by atoms with Gasteiger partial charge < -0.3 is 30.6 Å². The number of benzene rings is 4. The lowest BCUT2D eigenvalue weighted by atomic mass is 9.78. The molecule has 4 aromatic rings. The van der Waals surface area contributed by atoms with Crippen molar-refractivity contribution in [2.24, 2.45) is 0 Å². The fourth-order valence-electron chi connectivity index (χ4n) is 3.85. The lowest BCUT2D eigenvalue weighted by Crippen LogP contribution is -2.18. The van der Waals surface area contributed by atoms with Crippen LogP contribution in [0.3, 0.4) is 0 Å². The Kier molecular flexibility index (Phi) is 9.76. The average Bonchev–Trinajstić information content (AvgIpc) is 2.85. The molecule has 0 aliphatic rings. The van der Waals surface area contributed by atoms with Crippen LogP contribution in [0.2, 0.25) is 0 Å². The third-order valence-electron chi connectivity index (χ3n) is 6.36. The molecule has 7 nitrogen and oxygen atoms in total. The summed E-state index contributed by atoms with van der Waals surface area (Å²) >= 11 is 0. The number of carboxylic acid groups (broad SMARTS) is 2. The number of hydrogen-bond acceptors (Lipinski definition) is 5. The summed E-state index contributed by atoms with van der Waals surface area (Å²) in [5, 5.41) is 51.1. The first kappa shape index (κ1) is 29.6. The maximum Gasteiger partial charge on any atom is 0.503 e. The third-order valence-corrected chi connectivity index (χ3v) is 6.36. The summed E-state index contributed by atoms with van der Waals surface area (Å²) in [6.45, 7) is 8.47. The number of aromatic hydroxyl groups is 4. The van der Waals surface area contributed by atoms with Gasteiger partial charge in [-0.15, -0.1) is 0 Å². The highest BCUT2D eigenvalue weighted by Crippen LogP contribution is 2.34. The molecule has 0 unspecified atom stereocenters. The van der Waals surface area contributed by atoms with E-state index in [0.717, 1.165) is 22.3 Å². The van der Waals surface area contributed by atoms with Crippen molar-refractivity contribution >= 4 is 6.16 Å². The molecule has 0 atom stereocenters. The number of carbonyl (C=O) groups is 1. The summed E-state index contributed by atoms with van der Waals surface area (Å²) in [5.74, 6) is 1.09. The van der Waals surface area contributed by atoms with E-state index in [2.05, 4.69) is 27.7 Å². The molecule has 0 spiro atoms. The van der Waals surface area contributed by atoms with E-state index in [9.17, 15) is 20.4 Å². The summed E-state index contributed by atoms with van der Waals surface area (Å²) in [4.78, 5) is 8.56. The van der Waals surface area contributed by atoms with Gasteiger partial charge in [-0.3, -0.25) is 0 Å². The van der Waals surface area contributed by atoms with Crippen LogP contribution in [0.15, 0.2) is 97.1 Å². The van der Waals surface area contributed by atoms with Crippen LogP contribution in [0.1, 0.15) is 49.9 Å². The first-order valence-electron chi connectivity index (χ1n) is 11.8. The predicted molar refractivity (Wildman–Crippen MR) is 147 cm³/mol. The molecule has 7 heteroatoms. The van der Waals surface area contributed by atoms with Crippen molar-refractivity contribution in [1.82, 2.24) is 0 Å². The SMILES string of the molecule is CC(C)(c1ccc(O)cc1)c1ccc(O)cc1.CC(C)(c1ccc(O)cc1)c1ccc(O)cc1.O=C(O)O. The Morgan fingerprint density at radius 1 is 0.421 bits per heavy atom. The van der Waals surface area contributed by atoms with E-state index < -0.39 is 6.16 Å². The molecule has 4 aromatic carbocycles. The number of phenols is 4. The van der Waals surface area contributed by atoms with E-state index in [1.54, 1.807) is 48.5 Å². The van der Waals surface area contributed by atoms with Crippen LogP contribution in [0, 0.1) is 0 Å². The molecular formula is C31H34O7. The smallest absolute Gasteiger partial charge is 0.503 e. The van der Waals surface area contributed by atoms with Crippen LogP contribution < -0.4 is 0 Å². The Hall–Kier alpha value is -4.65. The van der Waals surface area contributed by atoms with Crippen molar-refractivity contribution in [3.63, 3.8) is 0 Å². The van der Waals surface area contributed by atoms with Gasteiger partial charge in [0, 0.05) is 10.8 Å². The molecule has 0 radical (unpaired) electrons. The molecule has 0 saturated carbocycles. The molecule has 0 saturated heterocycles. The highest BCUT2D eigenvalue weighted by atomic mass is 16.6. The maximum absolute atomic E-state index is 9.30. The zero-order valence-electron chi connectivity index (χ0n) is 21.8. The van der Waals surface area contributed by atoms with Gasteiger partial charge in [0.15, 0.2) is 0 Å². The summed E-state index contributed by atoms with van der Waals surface area (Å²) < 4.78 is 0. The summed E-state index contributed by atoms with van der Waals surface area (Å²) in [7, 11) is 0. The second kappa shape index (κ2) is 12.5. The zero-order chi connectivity index (χ0) is 28.5. The van der Waals surface area contributed by atoms with E-state index in [1.165, 1.54) is 0 Å². The molecule has 0 aliphatic carbocycles. The standard InChI is InChI=1S/2C15H16O2.CH2O3/c2*1-15(2,11-3-7-13(16)8-4-11)12-5-9-14(17)10-6-12;2-1(3)4/h2*3-10,16-17H,1-2H3;(H2,2,3,4). The van der Waals surface area contributed by atoms with E-state index >= 15 is 0 Å². The van der Waals surface area contributed by atoms with Gasteiger partial charge in [0.25, 0.3) is 0 Å². The van der Waals surface area contributed by atoms with Gasteiger partial charge in [-0.1, -0.05) is 76.2 Å².